The highest BCUT2D eigenvalue weighted by Crippen LogP contribution is 2.06. The van der Waals surface area contributed by atoms with E-state index >= 15 is 0 Å². The average molecular weight is 218 g/mol. The highest BCUT2D eigenvalue weighted by Gasteiger charge is 2.05. The lowest BCUT2D eigenvalue weighted by Gasteiger charge is -2.24. The standard InChI is InChI=1S/C7H15N.C4H11NO2/c1-2-8-6-4-3-5-7-8;1-3(6)5-4(2)7/h2-7H2,1H3;3-7H,1-2H3. The Labute approximate surface area is 93.3 Å². The van der Waals surface area contributed by atoms with Crippen molar-refractivity contribution in [2.24, 2.45) is 0 Å². The lowest BCUT2D eigenvalue weighted by Crippen LogP contribution is -2.33. The molecule has 0 amide bonds. The summed E-state index contributed by atoms with van der Waals surface area (Å²) in [5.41, 5.74) is 0. The minimum atomic E-state index is -0.625. The Bertz CT molecular complexity index is 129. The van der Waals surface area contributed by atoms with Gasteiger partial charge in [-0.2, -0.15) is 0 Å². The summed E-state index contributed by atoms with van der Waals surface area (Å²) in [7, 11) is 0. The van der Waals surface area contributed by atoms with Crippen molar-refractivity contribution in [2.45, 2.75) is 52.5 Å². The molecule has 1 aliphatic heterocycles. The van der Waals surface area contributed by atoms with E-state index < -0.39 is 12.5 Å². The molecular formula is C11H26N2O2. The Morgan fingerprint density at radius 2 is 1.53 bits per heavy atom. The fourth-order valence-electron chi connectivity index (χ4n) is 1.62. The highest BCUT2D eigenvalue weighted by atomic mass is 16.3. The van der Waals surface area contributed by atoms with Crippen LogP contribution in [-0.2, 0) is 0 Å². The van der Waals surface area contributed by atoms with Gasteiger partial charge in [-0.15, -0.1) is 0 Å². The van der Waals surface area contributed by atoms with E-state index in [1.165, 1.54) is 38.9 Å². The third-order valence-electron chi connectivity index (χ3n) is 2.38. The van der Waals surface area contributed by atoms with Gasteiger partial charge in [-0.3, -0.25) is 5.32 Å². The van der Waals surface area contributed by atoms with E-state index in [4.69, 9.17) is 10.2 Å². The lowest BCUT2D eigenvalue weighted by molar-refractivity contribution is 0.0632. The predicted molar refractivity (Wildman–Crippen MR) is 62.5 cm³/mol. The molecule has 1 fully saturated rings. The SMILES string of the molecule is CC(O)NC(C)O.CCN1CCCCC1. The molecule has 92 valence electrons. The Morgan fingerprint density at radius 1 is 1.07 bits per heavy atom. The molecule has 15 heavy (non-hydrogen) atoms. The molecule has 0 aromatic heterocycles. The van der Waals surface area contributed by atoms with Crippen molar-refractivity contribution in [2.75, 3.05) is 19.6 Å². The van der Waals surface area contributed by atoms with Gasteiger partial charge in [0.05, 0.1) is 0 Å². The molecule has 0 bridgehead atoms. The van der Waals surface area contributed by atoms with E-state index in [0.29, 0.717) is 0 Å². The quantitative estimate of drug-likeness (QED) is 0.612. The van der Waals surface area contributed by atoms with Crippen LogP contribution in [0.2, 0.25) is 0 Å². The van der Waals surface area contributed by atoms with Crippen LogP contribution in [0.25, 0.3) is 0 Å². The van der Waals surface area contributed by atoms with Gasteiger partial charge < -0.3 is 15.1 Å². The summed E-state index contributed by atoms with van der Waals surface area (Å²) in [4.78, 5) is 2.52. The minimum Gasteiger partial charge on any atom is -0.379 e. The van der Waals surface area contributed by atoms with E-state index in [2.05, 4.69) is 17.1 Å². The van der Waals surface area contributed by atoms with Gasteiger partial charge in [-0.1, -0.05) is 13.3 Å². The number of likely N-dealkylation sites (tertiary alicyclic amines) is 1. The summed E-state index contributed by atoms with van der Waals surface area (Å²) in [6, 6.07) is 0. The molecule has 3 N–H and O–H groups in total. The zero-order valence-corrected chi connectivity index (χ0v) is 10.2. The topological polar surface area (TPSA) is 55.7 Å². The van der Waals surface area contributed by atoms with E-state index in [1.54, 1.807) is 13.8 Å². The molecule has 0 radical (unpaired) electrons. The normalized spacial score (nSPS) is 21.4. The molecule has 1 saturated heterocycles. The molecule has 0 saturated carbocycles. The summed E-state index contributed by atoms with van der Waals surface area (Å²) in [6.45, 7) is 9.28. The maximum absolute atomic E-state index is 8.45. The first-order valence-electron chi connectivity index (χ1n) is 5.90. The maximum atomic E-state index is 8.45. The number of aliphatic hydroxyl groups is 2. The van der Waals surface area contributed by atoms with E-state index in [1.807, 2.05) is 0 Å². The smallest absolute Gasteiger partial charge is 0.103 e. The molecule has 0 spiro atoms. The van der Waals surface area contributed by atoms with Gasteiger partial charge in [0, 0.05) is 0 Å². The second-order valence-corrected chi connectivity index (χ2v) is 4.01. The van der Waals surface area contributed by atoms with E-state index in [9.17, 15) is 0 Å². The van der Waals surface area contributed by atoms with Crippen LogP contribution in [0.4, 0.5) is 0 Å². The molecule has 1 rings (SSSR count). The van der Waals surface area contributed by atoms with Crippen molar-refractivity contribution in [1.29, 1.82) is 0 Å². The Morgan fingerprint density at radius 3 is 1.73 bits per heavy atom. The molecule has 0 aromatic carbocycles. The largest absolute Gasteiger partial charge is 0.379 e. The van der Waals surface area contributed by atoms with Crippen LogP contribution >= 0.6 is 0 Å². The Hall–Kier alpha value is -0.160. The number of aliphatic hydroxyl groups excluding tert-OH is 2. The van der Waals surface area contributed by atoms with Gasteiger partial charge in [0.2, 0.25) is 0 Å². The second kappa shape index (κ2) is 9.09. The van der Waals surface area contributed by atoms with Crippen LogP contribution in [0.1, 0.15) is 40.0 Å². The summed E-state index contributed by atoms with van der Waals surface area (Å²) in [5.74, 6) is 0. The summed E-state index contributed by atoms with van der Waals surface area (Å²) in [5, 5.41) is 19.3. The van der Waals surface area contributed by atoms with Gasteiger partial charge >= 0.3 is 0 Å². The van der Waals surface area contributed by atoms with Crippen LogP contribution in [0.3, 0.4) is 0 Å². The van der Waals surface area contributed by atoms with Gasteiger partial charge in [0.25, 0.3) is 0 Å². The van der Waals surface area contributed by atoms with Crippen molar-refractivity contribution in [3.63, 3.8) is 0 Å². The first-order valence-corrected chi connectivity index (χ1v) is 5.90. The summed E-state index contributed by atoms with van der Waals surface area (Å²) >= 11 is 0. The van der Waals surface area contributed by atoms with Gasteiger partial charge in [0.1, 0.15) is 12.5 Å². The molecule has 4 nitrogen and oxygen atoms in total. The second-order valence-electron chi connectivity index (χ2n) is 4.01. The van der Waals surface area contributed by atoms with Crippen LogP contribution in [0.5, 0.6) is 0 Å². The number of nitrogens with one attached hydrogen (secondary N) is 1. The van der Waals surface area contributed by atoms with Crippen molar-refractivity contribution < 1.29 is 10.2 Å². The van der Waals surface area contributed by atoms with E-state index in [0.717, 1.165) is 0 Å². The van der Waals surface area contributed by atoms with Gasteiger partial charge in [0.15, 0.2) is 0 Å². The van der Waals surface area contributed by atoms with Crippen molar-refractivity contribution in [3.05, 3.63) is 0 Å². The molecule has 0 aliphatic carbocycles. The van der Waals surface area contributed by atoms with Crippen LogP contribution in [0.15, 0.2) is 0 Å². The lowest BCUT2D eigenvalue weighted by atomic mass is 10.1. The number of hydrogen-bond acceptors (Lipinski definition) is 4. The van der Waals surface area contributed by atoms with Crippen LogP contribution < -0.4 is 5.32 Å². The van der Waals surface area contributed by atoms with Gasteiger partial charge in [-0.05, 0) is 46.3 Å². The number of nitrogens with zero attached hydrogens (tertiary/aromatic N) is 1. The monoisotopic (exact) mass is 218 g/mol. The predicted octanol–water partition coefficient (Wildman–Crippen LogP) is 0.745. The van der Waals surface area contributed by atoms with Crippen molar-refractivity contribution >= 4 is 0 Å². The average Bonchev–Trinajstić information content (AvgIpc) is 2.18. The Balaban J connectivity index is 0.000000265. The number of piperidine rings is 1. The molecule has 2 atom stereocenters. The zero-order valence-electron chi connectivity index (χ0n) is 10.2. The third kappa shape index (κ3) is 10.1. The fourth-order valence-corrected chi connectivity index (χ4v) is 1.62. The molecule has 1 heterocycles. The summed E-state index contributed by atoms with van der Waals surface area (Å²) in [6.07, 6.45) is 3.05. The van der Waals surface area contributed by atoms with Crippen molar-refractivity contribution in [1.82, 2.24) is 10.2 Å². The Kier molecular flexibility index (Phi) is 9.00. The van der Waals surface area contributed by atoms with Crippen LogP contribution in [0, 0.1) is 0 Å². The van der Waals surface area contributed by atoms with Crippen molar-refractivity contribution in [3.8, 4) is 0 Å². The first-order chi connectivity index (χ1) is 7.06. The highest BCUT2D eigenvalue weighted by molar-refractivity contribution is 4.61. The van der Waals surface area contributed by atoms with E-state index in [-0.39, 0.29) is 0 Å². The molecule has 2 unspecified atom stereocenters. The zero-order chi connectivity index (χ0) is 11.7. The maximum Gasteiger partial charge on any atom is 0.103 e. The third-order valence-corrected chi connectivity index (χ3v) is 2.38. The van der Waals surface area contributed by atoms with Gasteiger partial charge in [-0.25, -0.2) is 0 Å². The number of rotatable bonds is 3. The van der Waals surface area contributed by atoms with Crippen LogP contribution in [-0.4, -0.2) is 47.2 Å². The minimum absolute atomic E-state index is 0.625. The molecule has 4 heteroatoms. The summed E-state index contributed by atoms with van der Waals surface area (Å²) < 4.78 is 0. The number of hydrogen-bond donors (Lipinski definition) is 3. The first kappa shape index (κ1) is 14.8. The fraction of sp³-hybridized carbons (Fsp3) is 1.00. The molecular weight excluding hydrogens is 192 g/mol. The molecule has 0 aromatic rings. The molecule has 1 aliphatic rings.